The average Bonchev–Trinajstić information content (AvgIpc) is 2.52. The van der Waals surface area contributed by atoms with Crippen molar-refractivity contribution < 1.29 is 4.79 Å². The molecule has 0 radical (unpaired) electrons. The molecule has 0 aliphatic heterocycles. The molecule has 22 heavy (non-hydrogen) atoms. The number of rotatable bonds is 6. The predicted octanol–water partition coefficient (Wildman–Crippen LogP) is 4.31. The van der Waals surface area contributed by atoms with Gasteiger partial charge in [0.05, 0.1) is 0 Å². The van der Waals surface area contributed by atoms with Gasteiger partial charge in [-0.05, 0) is 55.2 Å². The lowest BCUT2D eigenvalue weighted by Crippen LogP contribution is -2.16. The first-order chi connectivity index (χ1) is 10.6. The summed E-state index contributed by atoms with van der Waals surface area (Å²) < 4.78 is 0. The van der Waals surface area contributed by atoms with Crippen LogP contribution in [0.3, 0.4) is 0 Å². The third-order valence-corrected chi connectivity index (χ3v) is 3.92. The first-order valence-electron chi connectivity index (χ1n) is 7.79. The van der Waals surface area contributed by atoms with Crippen LogP contribution in [0.15, 0.2) is 42.5 Å². The van der Waals surface area contributed by atoms with Crippen LogP contribution in [0.4, 0.5) is 11.4 Å². The smallest absolute Gasteiger partial charge is 0.226 e. The van der Waals surface area contributed by atoms with E-state index in [-0.39, 0.29) is 5.91 Å². The number of aryl methyl sites for hydroxylation is 2. The molecule has 116 valence electrons. The van der Waals surface area contributed by atoms with Crippen LogP contribution >= 0.6 is 0 Å². The summed E-state index contributed by atoms with van der Waals surface area (Å²) in [6.45, 7) is 6.93. The number of carbonyl (C=O) groups excluding carboxylic acids is 1. The summed E-state index contributed by atoms with van der Waals surface area (Å²) >= 11 is 0. The van der Waals surface area contributed by atoms with E-state index in [9.17, 15) is 4.79 Å². The van der Waals surface area contributed by atoms with Crippen molar-refractivity contribution in [3.8, 4) is 0 Å². The molecule has 0 saturated heterocycles. The zero-order valence-electron chi connectivity index (χ0n) is 13.6. The van der Waals surface area contributed by atoms with Gasteiger partial charge >= 0.3 is 0 Å². The summed E-state index contributed by atoms with van der Waals surface area (Å²) in [7, 11) is 0. The van der Waals surface area contributed by atoms with E-state index in [1.807, 2.05) is 36.4 Å². The second kappa shape index (κ2) is 7.64. The van der Waals surface area contributed by atoms with Gasteiger partial charge < -0.3 is 10.6 Å². The molecule has 0 heterocycles. The molecule has 3 heteroatoms. The molecule has 0 aromatic heterocycles. The first kappa shape index (κ1) is 16.1. The van der Waals surface area contributed by atoms with Gasteiger partial charge in [-0.25, -0.2) is 0 Å². The molecule has 0 saturated carbocycles. The van der Waals surface area contributed by atoms with Gasteiger partial charge in [-0.15, -0.1) is 0 Å². The monoisotopic (exact) mass is 296 g/mol. The lowest BCUT2D eigenvalue weighted by atomic mass is 10.1. The van der Waals surface area contributed by atoms with Crippen molar-refractivity contribution in [1.82, 2.24) is 0 Å². The zero-order valence-corrected chi connectivity index (χ0v) is 13.6. The van der Waals surface area contributed by atoms with Gasteiger partial charge in [0.25, 0.3) is 0 Å². The Kier molecular flexibility index (Phi) is 5.59. The van der Waals surface area contributed by atoms with Crippen LogP contribution in [0.2, 0.25) is 0 Å². The standard InChI is InChI=1S/C19H24N2O/c1-4-16-8-10-17(11-9-16)21-19(22)12-13-20-18-7-5-6-14(2)15(18)3/h5-11,20H,4,12-13H2,1-3H3,(H,21,22). The van der Waals surface area contributed by atoms with Crippen LogP contribution in [-0.2, 0) is 11.2 Å². The van der Waals surface area contributed by atoms with Gasteiger partial charge in [-0.1, -0.05) is 31.2 Å². The largest absolute Gasteiger partial charge is 0.384 e. The summed E-state index contributed by atoms with van der Waals surface area (Å²) in [5, 5.41) is 6.25. The molecule has 3 nitrogen and oxygen atoms in total. The summed E-state index contributed by atoms with van der Waals surface area (Å²) in [5.74, 6) is 0.0297. The van der Waals surface area contributed by atoms with Gasteiger partial charge in [-0.2, -0.15) is 0 Å². The Labute approximate surface area is 132 Å². The number of carbonyl (C=O) groups is 1. The summed E-state index contributed by atoms with van der Waals surface area (Å²) in [5.41, 5.74) is 5.71. The van der Waals surface area contributed by atoms with Crippen molar-refractivity contribution in [1.29, 1.82) is 0 Å². The molecule has 2 aromatic carbocycles. The van der Waals surface area contributed by atoms with Crippen molar-refractivity contribution in [3.63, 3.8) is 0 Å². The molecule has 2 N–H and O–H groups in total. The van der Waals surface area contributed by atoms with Gasteiger partial charge in [0, 0.05) is 24.3 Å². The Hall–Kier alpha value is -2.29. The third kappa shape index (κ3) is 4.35. The van der Waals surface area contributed by atoms with Crippen LogP contribution in [0.1, 0.15) is 30.0 Å². The molecule has 0 unspecified atom stereocenters. The molecule has 0 aliphatic rings. The second-order valence-electron chi connectivity index (χ2n) is 5.52. The minimum atomic E-state index is 0.0297. The Morgan fingerprint density at radius 1 is 1.05 bits per heavy atom. The van der Waals surface area contributed by atoms with Crippen molar-refractivity contribution in [3.05, 3.63) is 59.2 Å². The van der Waals surface area contributed by atoms with Crippen LogP contribution < -0.4 is 10.6 Å². The summed E-state index contributed by atoms with van der Waals surface area (Å²) in [6.07, 6.45) is 1.46. The van der Waals surface area contributed by atoms with Crippen LogP contribution in [-0.4, -0.2) is 12.5 Å². The molecule has 0 bridgehead atoms. The van der Waals surface area contributed by atoms with Crippen LogP contribution in [0.5, 0.6) is 0 Å². The highest BCUT2D eigenvalue weighted by atomic mass is 16.1. The van der Waals surface area contributed by atoms with Crippen molar-refractivity contribution >= 4 is 17.3 Å². The van der Waals surface area contributed by atoms with E-state index in [0.29, 0.717) is 13.0 Å². The molecule has 0 fully saturated rings. The Balaban J connectivity index is 1.81. The highest BCUT2D eigenvalue weighted by molar-refractivity contribution is 5.91. The minimum Gasteiger partial charge on any atom is -0.384 e. The first-order valence-corrected chi connectivity index (χ1v) is 7.79. The average molecular weight is 296 g/mol. The number of benzene rings is 2. The highest BCUT2D eigenvalue weighted by Gasteiger charge is 2.04. The number of nitrogens with one attached hydrogen (secondary N) is 2. The van der Waals surface area contributed by atoms with Gasteiger partial charge in [0.1, 0.15) is 0 Å². The van der Waals surface area contributed by atoms with Crippen molar-refractivity contribution in [2.75, 3.05) is 17.2 Å². The maximum Gasteiger partial charge on any atom is 0.226 e. The van der Waals surface area contributed by atoms with Crippen LogP contribution in [0, 0.1) is 13.8 Å². The number of anilines is 2. The van der Waals surface area contributed by atoms with E-state index < -0.39 is 0 Å². The Morgan fingerprint density at radius 3 is 2.45 bits per heavy atom. The van der Waals surface area contributed by atoms with E-state index in [4.69, 9.17) is 0 Å². The highest BCUT2D eigenvalue weighted by Crippen LogP contribution is 2.17. The Bertz CT molecular complexity index is 632. The summed E-state index contributed by atoms with van der Waals surface area (Å²) in [6, 6.07) is 14.2. The zero-order chi connectivity index (χ0) is 15.9. The third-order valence-electron chi connectivity index (χ3n) is 3.92. The predicted molar refractivity (Wildman–Crippen MR) is 93.5 cm³/mol. The molecule has 2 aromatic rings. The van der Waals surface area contributed by atoms with Crippen molar-refractivity contribution in [2.24, 2.45) is 0 Å². The molecule has 2 rings (SSSR count). The van der Waals surface area contributed by atoms with Gasteiger partial charge in [-0.3, -0.25) is 4.79 Å². The topological polar surface area (TPSA) is 41.1 Å². The summed E-state index contributed by atoms with van der Waals surface area (Å²) in [4.78, 5) is 12.0. The second-order valence-corrected chi connectivity index (χ2v) is 5.52. The van der Waals surface area contributed by atoms with Gasteiger partial charge in [0.2, 0.25) is 5.91 Å². The fourth-order valence-electron chi connectivity index (χ4n) is 2.30. The van der Waals surface area contributed by atoms with E-state index in [1.165, 1.54) is 16.7 Å². The molecule has 1 amide bonds. The van der Waals surface area contributed by atoms with Crippen LogP contribution in [0.25, 0.3) is 0 Å². The normalized spacial score (nSPS) is 10.3. The quantitative estimate of drug-likeness (QED) is 0.834. The van der Waals surface area contributed by atoms with Crippen molar-refractivity contribution in [2.45, 2.75) is 33.6 Å². The number of hydrogen-bond donors (Lipinski definition) is 2. The van der Waals surface area contributed by atoms with E-state index in [2.05, 4.69) is 37.5 Å². The molecule has 0 atom stereocenters. The Morgan fingerprint density at radius 2 is 1.77 bits per heavy atom. The van der Waals surface area contributed by atoms with E-state index in [1.54, 1.807) is 0 Å². The maximum absolute atomic E-state index is 12.0. The lowest BCUT2D eigenvalue weighted by Gasteiger charge is -2.11. The molecular formula is C19H24N2O. The van der Waals surface area contributed by atoms with E-state index >= 15 is 0 Å². The number of amides is 1. The fourth-order valence-corrected chi connectivity index (χ4v) is 2.30. The SMILES string of the molecule is CCc1ccc(NC(=O)CCNc2cccc(C)c2C)cc1. The maximum atomic E-state index is 12.0. The number of hydrogen-bond acceptors (Lipinski definition) is 2. The molecule has 0 aliphatic carbocycles. The lowest BCUT2D eigenvalue weighted by molar-refractivity contribution is -0.115. The van der Waals surface area contributed by atoms with E-state index in [0.717, 1.165) is 17.8 Å². The minimum absolute atomic E-state index is 0.0297. The fraction of sp³-hybridized carbons (Fsp3) is 0.316. The van der Waals surface area contributed by atoms with Gasteiger partial charge in [0.15, 0.2) is 0 Å². The molecular weight excluding hydrogens is 272 g/mol. The molecule has 0 spiro atoms.